The Labute approximate surface area is 126 Å². The number of nitrogens with two attached hydrogens (primary N) is 1. The van der Waals surface area contributed by atoms with Crippen LogP contribution in [0.4, 0.5) is 10.8 Å². The summed E-state index contributed by atoms with van der Waals surface area (Å²) in [5.41, 5.74) is 7.79. The molecule has 0 saturated heterocycles. The van der Waals surface area contributed by atoms with Crippen molar-refractivity contribution in [2.24, 2.45) is 0 Å². The first-order valence-electron chi connectivity index (χ1n) is 6.42. The first-order chi connectivity index (χ1) is 10.0. The molecule has 0 aliphatic carbocycles. The van der Waals surface area contributed by atoms with E-state index in [9.17, 15) is 9.59 Å². The van der Waals surface area contributed by atoms with Crippen LogP contribution in [0.15, 0.2) is 23.6 Å². The summed E-state index contributed by atoms with van der Waals surface area (Å²) in [4.78, 5) is 27.7. The highest BCUT2D eigenvalue weighted by molar-refractivity contribution is 7.13. The minimum Gasteiger partial charge on any atom is -0.375 e. The molecule has 1 aromatic heterocycles. The van der Waals surface area contributed by atoms with E-state index in [2.05, 4.69) is 15.6 Å². The van der Waals surface area contributed by atoms with Crippen LogP contribution in [-0.2, 0) is 0 Å². The molecule has 1 aromatic carbocycles. The maximum absolute atomic E-state index is 12.0. The van der Waals surface area contributed by atoms with Crippen LogP contribution in [0.5, 0.6) is 0 Å². The normalized spacial score (nSPS) is 10.2. The molecule has 0 saturated carbocycles. The third-order valence-corrected chi connectivity index (χ3v) is 3.50. The van der Waals surface area contributed by atoms with Crippen LogP contribution in [0.3, 0.4) is 0 Å². The maximum atomic E-state index is 12.0. The molecule has 0 atom stereocenters. The van der Waals surface area contributed by atoms with Crippen LogP contribution in [0.25, 0.3) is 0 Å². The summed E-state index contributed by atoms with van der Waals surface area (Å²) in [5, 5.41) is 7.44. The highest BCUT2D eigenvalue weighted by Crippen LogP contribution is 2.18. The average molecular weight is 304 g/mol. The van der Waals surface area contributed by atoms with Crippen LogP contribution in [-0.4, -0.2) is 23.3 Å². The van der Waals surface area contributed by atoms with Gasteiger partial charge in [-0.2, -0.15) is 0 Å². The van der Waals surface area contributed by atoms with E-state index in [0.717, 1.165) is 5.56 Å². The molecule has 0 radical (unpaired) electrons. The van der Waals surface area contributed by atoms with Gasteiger partial charge in [-0.1, -0.05) is 0 Å². The molecule has 4 N–H and O–H groups in total. The van der Waals surface area contributed by atoms with E-state index >= 15 is 0 Å². The molecule has 110 valence electrons. The predicted octanol–water partition coefficient (Wildman–Crippen LogP) is 2.04. The van der Waals surface area contributed by atoms with Gasteiger partial charge in [0.2, 0.25) is 0 Å². The number of carbonyl (C=O) groups is 2. The molecule has 2 amide bonds. The van der Waals surface area contributed by atoms with E-state index < -0.39 is 0 Å². The lowest BCUT2D eigenvalue weighted by atomic mass is 10.1. The van der Waals surface area contributed by atoms with Crippen molar-refractivity contribution in [3.05, 3.63) is 40.4 Å². The molecule has 0 unspecified atom stereocenters. The van der Waals surface area contributed by atoms with Gasteiger partial charge in [0.05, 0.1) is 0 Å². The Kier molecular flexibility index (Phi) is 4.54. The molecule has 2 rings (SSSR count). The summed E-state index contributed by atoms with van der Waals surface area (Å²) < 4.78 is 0. The first-order valence-corrected chi connectivity index (χ1v) is 7.30. The summed E-state index contributed by atoms with van der Waals surface area (Å²) in [6.45, 7) is 4.26. The van der Waals surface area contributed by atoms with Crippen LogP contribution >= 0.6 is 11.3 Å². The van der Waals surface area contributed by atoms with Crippen molar-refractivity contribution in [2.45, 2.75) is 13.8 Å². The Balaban J connectivity index is 2.14. The van der Waals surface area contributed by atoms with Gasteiger partial charge in [-0.05, 0) is 37.6 Å². The lowest BCUT2D eigenvalue weighted by molar-refractivity contribution is 0.0955. The summed E-state index contributed by atoms with van der Waals surface area (Å²) in [7, 11) is 0. The number of nitrogen functional groups attached to an aromatic ring is 1. The Bertz CT molecular complexity index is 681. The number of aryl methyl sites for hydroxylation is 1. The van der Waals surface area contributed by atoms with Gasteiger partial charge in [0, 0.05) is 23.2 Å². The molecule has 7 heteroatoms. The van der Waals surface area contributed by atoms with E-state index in [0.29, 0.717) is 22.9 Å². The fourth-order valence-electron chi connectivity index (χ4n) is 1.79. The monoisotopic (exact) mass is 304 g/mol. The van der Waals surface area contributed by atoms with Crippen molar-refractivity contribution in [3.63, 3.8) is 0 Å². The van der Waals surface area contributed by atoms with Gasteiger partial charge in [-0.3, -0.25) is 9.59 Å². The van der Waals surface area contributed by atoms with Crippen LogP contribution < -0.4 is 16.4 Å². The second-order valence-electron chi connectivity index (χ2n) is 4.41. The minimum atomic E-state index is -0.322. The van der Waals surface area contributed by atoms with Crippen molar-refractivity contribution in [2.75, 3.05) is 17.6 Å². The number of amides is 2. The molecule has 0 aliphatic rings. The van der Waals surface area contributed by atoms with E-state index in [4.69, 9.17) is 5.73 Å². The van der Waals surface area contributed by atoms with Gasteiger partial charge in [-0.15, -0.1) is 11.3 Å². The summed E-state index contributed by atoms with van der Waals surface area (Å²) in [6, 6.07) is 5.10. The molecular formula is C14H16N4O2S. The number of rotatable bonds is 4. The maximum Gasteiger partial charge on any atom is 0.275 e. The highest BCUT2D eigenvalue weighted by Gasteiger charge is 2.12. The Hall–Kier alpha value is -2.41. The average Bonchev–Trinajstić information content (AvgIpc) is 2.88. The topological polar surface area (TPSA) is 97.1 Å². The van der Waals surface area contributed by atoms with Gasteiger partial charge in [0.25, 0.3) is 11.8 Å². The van der Waals surface area contributed by atoms with Gasteiger partial charge in [0.1, 0.15) is 5.69 Å². The zero-order valence-corrected chi connectivity index (χ0v) is 12.6. The van der Waals surface area contributed by atoms with Crippen LogP contribution in [0.1, 0.15) is 33.3 Å². The number of hydrogen-bond acceptors (Lipinski definition) is 5. The number of benzene rings is 1. The number of nitrogens with one attached hydrogen (secondary N) is 2. The molecule has 0 fully saturated rings. The van der Waals surface area contributed by atoms with Crippen molar-refractivity contribution >= 4 is 34.0 Å². The SMILES string of the molecule is CCNC(=O)c1ccc(NC(=O)c2csc(N)n2)c(C)c1. The minimum absolute atomic E-state index is 0.134. The highest BCUT2D eigenvalue weighted by atomic mass is 32.1. The van der Waals surface area contributed by atoms with E-state index in [1.807, 2.05) is 13.8 Å². The number of anilines is 2. The molecule has 0 bridgehead atoms. The third-order valence-electron chi connectivity index (χ3n) is 2.83. The molecule has 0 spiro atoms. The second kappa shape index (κ2) is 6.36. The summed E-state index contributed by atoms with van der Waals surface area (Å²) >= 11 is 1.21. The molecule has 0 aliphatic heterocycles. The summed E-state index contributed by atoms with van der Waals surface area (Å²) in [5.74, 6) is -0.456. The second-order valence-corrected chi connectivity index (χ2v) is 5.30. The van der Waals surface area contributed by atoms with E-state index in [1.54, 1.807) is 23.6 Å². The summed E-state index contributed by atoms with van der Waals surface area (Å²) in [6.07, 6.45) is 0. The third kappa shape index (κ3) is 3.57. The van der Waals surface area contributed by atoms with Gasteiger partial charge in [-0.25, -0.2) is 4.98 Å². The molecule has 1 heterocycles. The largest absolute Gasteiger partial charge is 0.375 e. The molecule has 6 nitrogen and oxygen atoms in total. The Morgan fingerprint density at radius 1 is 1.33 bits per heavy atom. The lowest BCUT2D eigenvalue weighted by Gasteiger charge is -2.09. The van der Waals surface area contributed by atoms with Gasteiger partial charge in [0.15, 0.2) is 5.13 Å². The molecule has 2 aromatic rings. The molecule has 21 heavy (non-hydrogen) atoms. The Morgan fingerprint density at radius 3 is 2.67 bits per heavy atom. The number of nitrogens with zero attached hydrogens (tertiary/aromatic N) is 1. The van der Waals surface area contributed by atoms with Crippen LogP contribution in [0.2, 0.25) is 0 Å². The lowest BCUT2D eigenvalue weighted by Crippen LogP contribution is -2.22. The fourth-order valence-corrected chi connectivity index (χ4v) is 2.33. The predicted molar refractivity (Wildman–Crippen MR) is 83.7 cm³/mol. The number of carbonyl (C=O) groups excluding carboxylic acids is 2. The van der Waals surface area contributed by atoms with Crippen LogP contribution in [0, 0.1) is 6.92 Å². The van der Waals surface area contributed by atoms with E-state index in [-0.39, 0.29) is 17.5 Å². The van der Waals surface area contributed by atoms with Crippen molar-refractivity contribution in [1.29, 1.82) is 0 Å². The number of aromatic nitrogens is 1. The van der Waals surface area contributed by atoms with Crippen molar-refractivity contribution in [1.82, 2.24) is 10.3 Å². The number of hydrogen-bond donors (Lipinski definition) is 3. The smallest absolute Gasteiger partial charge is 0.275 e. The van der Waals surface area contributed by atoms with E-state index in [1.165, 1.54) is 11.3 Å². The van der Waals surface area contributed by atoms with Crippen molar-refractivity contribution in [3.8, 4) is 0 Å². The zero-order valence-electron chi connectivity index (χ0n) is 11.8. The first kappa shape index (κ1) is 15.0. The van der Waals surface area contributed by atoms with Crippen molar-refractivity contribution < 1.29 is 9.59 Å². The zero-order chi connectivity index (χ0) is 15.4. The quantitative estimate of drug-likeness (QED) is 0.805. The number of thiazole rings is 1. The van der Waals surface area contributed by atoms with Gasteiger partial charge >= 0.3 is 0 Å². The standard InChI is InChI=1S/C14H16N4O2S/c1-3-16-12(19)9-4-5-10(8(2)6-9)17-13(20)11-7-21-14(15)18-11/h4-7H,3H2,1-2H3,(H2,15,18)(H,16,19)(H,17,20). The Morgan fingerprint density at radius 2 is 2.10 bits per heavy atom. The molecular weight excluding hydrogens is 288 g/mol. The van der Waals surface area contributed by atoms with Gasteiger partial charge < -0.3 is 16.4 Å². The fraction of sp³-hybridized carbons (Fsp3) is 0.214.